The number of likely N-dealkylation sites (tertiary alicyclic amines) is 1. The zero-order valence-corrected chi connectivity index (χ0v) is 6.92. The van der Waals surface area contributed by atoms with Crippen LogP contribution in [0.4, 0.5) is 0 Å². The van der Waals surface area contributed by atoms with Crippen molar-refractivity contribution in [1.82, 2.24) is 4.90 Å². The molecule has 10 heavy (non-hydrogen) atoms. The molecule has 0 bridgehead atoms. The summed E-state index contributed by atoms with van der Waals surface area (Å²) in [4.78, 5) is 12.6. The van der Waals surface area contributed by atoms with Crippen LogP contribution in [0.2, 0.25) is 0 Å². The molecule has 1 heterocycles. The van der Waals surface area contributed by atoms with Crippen LogP contribution in [-0.4, -0.2) is 30.8 Å². The SMILES string of the molecule is CN1CC(C)(C)CC1C=O. The normalized spacial score (nSPS) is 32.5. The first-order valence-corrected chi connectivity index (χ1v) is 3.71. The van der Waals surface area contributed by atoms with Crippen LogP contribution >= 0.6 is 0 Å². The van der Waals surface area contributed by atoms with Gasteiger partial charge < -0.3 is 4.79 Å². The predicted molar refractivity (Wildman–Crippen MR) is 40.9 cm³/mol. The standard InChI is InChI=1S/C8H15NO/c1-8(2)4-7(5-10)9(3)6-8/h5,7H,4,6H2,1-3H3. The van der Waals surface area contributed by atoms with Crippen LogP contribution in [0.3, 0.4) is 0 Å². The fraction of sp³-hybridized carbons (Fsp3) is 0.875. The number of carbonyl (C=O) groups is 1. The fourth-order valence-electron chi connectivity index (χ4n) is 1.73. The molecule has 0 radical (unpaired) electrons. The van der Waals surface area contributed by atoms with E-state index >= 15 is 0 Å². The fourth-order valence-corrected chi connectivity index (χ4v) is 1.73. The van der Waals surface area contributed by atoms with Gasteiger partial charge in [-0.25, -0.2) is 0 Å². The molecule has 0 spiro atoms. The van der Waals surface area contributed by atoms with Crippen molar-refractivity contribution in [2.75, 3.05) is 13.6 Å². The minimum absolute atomic E-state index is 0.162. The number of aldehydes is 1. The van der Waals surface area contributed by atoms with E-state index < -0.39 is 0 Å². The van der Waals surface area contributed by atoms with E-state index in [1.807, 2.05) is 7.05 Å². The molecule has 58 valence electrons. The lowest BCUT2D eigenvalue weighted by molar-refractivity contribution is -0.111. The molecule has 0 aromatic heterocycles. The van der Waals surface area contributed by atoms with Crippen LogP contribution in [0.15, 0.2) is 0 Å². The summed E-state index contributed by atoms with van der Waals surface area (Å²) in [5.74, 6) is 0. The Kier molecular flexibility index (Phi) is 1.82. The second-order valence-corrected chi connectivity index (χ2v) is 3.99. The van der Waals surface area contributed by atoms with E-state index in [0.29, 0.717) is 5.41 Å². The van der Waals surface area contributed by atoms with Crippen molar-refractivity contribution in [3.05, 3.63) is 0 Å². The zero-order valence-electron chi connectivity index (χ0n) is 6.92. The van der Waals surface area contributed by atoms with Gasteiger partial charge in [-0.05, 0) is 18.9 Å². The first kappa shape index (κ1) is 7.73. The van der Waals surface area contributed by atoms with Gasteiger partial charge >= 0.3 is 0 Å². The Hall–Kier alpha value is -0.370. The van der Waals surface area contributed by atoms with Crippen LogP contribution in [0.5, 0.6) is 0 Å². The average molecular weight is 141 g/mol. The van der Waals surface area contributed by atoms with Gasteiger partial charge in [0, 0.05) is 6.54 Å². The van der Waals surface area contributed by atoms with Crippen LogP contribution < -0.4 is 0 Å². The molecule has 0 aromatic rings. The smallest absolute Gasteiger partial charge is 0.137 e. The van der Waals surface area contributed by atoms with Gasteiger partial charge in [0.15, 0.2) is 0 Å². The van der Waals surface area contributed by atoms with Gasteiger partial charge in [-0.3, -0.25) is 4.90 Å². The highest BCUT2D eigenvalue weighted by Crippen LogP contribution is 2.31. The second kappa shape index (κ2) is 2.35. The molecule has 1 atom stereocenters. The molecule has 1 fully saturated rings. The van der Waals surface area contributed by atoms with Crippen molar-refractivity contribution in [3.63, 3.8) is 0 Å². The number of hydrogen-bond donors (Lipinski definition) is 0. The largest absolute Gasteiger partial charge is 0.302 e. The molecule has 1 rings (SSSR count). The summed E-state index contributed by atoms with van der Waals surface area (Å²) in [5.41, 5.74) is 0.334. The van der Waals surface area contributed by atoms with Crippen molar-refractivity contribution in [3.8, 4) is 0 Å². The molecule has 0 amide bonds. The van der Waals surface area contributed by atoms with E-state index in [4.69, 9.17) is 0 Å². The first-order valence-electron chi connectivity index (χ1n) is 3.71. The molecule has 1 saturated heterocycles. The third-order valence-electron chi connectivity index (χ3n) is 2.16. The van der Waals surface area contributed by atoms with Crippen molar-refractivity contribution in [2.45, 2.75) is 26.3 Å². The maximum atomic E-state index is 10.5. The lowest BCUT2D eigenvalue weighted by Gasteiger charge is -2.15. The van der Waals surface area contributed by atoms with Gasteiger partial charge in [0.2, 0.25) is 0 Å². The first-order chi connectivity index (χ1) is 4.55. The molecule has 0 aliphatic carbocycles. The third-order valence-corrected chi connectivity index (χ3v) is 2.16. The average Bonchev–Trinajstić information content (AvgIpc) is 2.05. The minimum atomic E-state index is 0.162. The molecule has 1 unspecified atom stereocenters. The van der Waals surface area contributed by atoms with E-state index in [9.17, 15) is 4.79 Å². The van der Waals surface area contributed by atoms with E-state index in [1.54, 1.807) is 0 Å². The Labute approximate surface area is 62.2 Å². The Bertz CT molecular complexity index is 142. The summed E-state index contributed by atoms with van der Waals surface area (Å²) in [6, 6.07) is 0.162. The number of likely N-dealkylation sites (N-methyl/N-ethyl adjacent to an activating group) is 1. The Morgan fingerprint density at radius 1 is 1.60 bits per heavy atom. The second-order valence-electron chi connectivity index (χ2n) is 3.99. The molecular weight excluding hydrogens is 126 g/mol. The van der Waals surface area contributed by atoms with Gasteiger partial charge in [-0.2, -0.15) is 0 Å². The molecule has 2 nitrogen and oxygen atoms in total. The molecule has 1 aliphatic heterocycles. The summed E-state index contributed by atoms with van der Waals surface area (Å²) >= 11 is 0. The Morgan fingerprint density at radius 3 is 2.40 bits per heavy atom. The van der Waals surface area contributed by atoms with E-state index in [-0.39, 0.29) is 6.04 Å². The van der Waals surface area contributed by atoms with Crippen LogP contribution in [0, 0.1) is 5.41 Å². The minimum Gasteiger partial charge on any atom is -0.302 e. The van der Waals surface area contributed by atoms with Crippen LogP contribution in [0.25, 0.3) is 0 Å². The summed E-state index contributed by atoms with van der Waals surface area (Å²) in [5, 5.41) is 0. The zero-order chi connectivity index (χ0) is 7.78. The molecule has 0 saturated carbocycles. The molecule has 1 aliphatic rings. The maximum Gasteiger partial charge on any atom is 0.137 e. The lowest BCUT2D eigenvalue weighted by Crippen LogP contribution is -2.26. The van der Waals surface area contributed by atoms with Gasteiger partial charge in [0.1, 0.15) is 6.29 Å². The topological polar surface area (TPSA) is 20.3 Å². The molecule has 2 heteroatoms. The highest BCUT2D eigenvalue weighted by molar-refractivity contribution is 5.58. The summed E-state index contributed by atoms with van der Waals surface area (Å²) in [6.07, 6.45) is 2.06. The van der Waals surface area contributed by atoms with E-state index in [0.717, 1.165) is 19.3 Å². The monoisotopic (exact) mass is 141 g/mol. The number of rotatable bonds is 1. The maximum absolute atomic E-state index is 10.5. The van der Waals surface area contributed by atoms with E-state index in [1.165, 1.54) is 0 Å². The quantitative estimate of drug-likeness (QED) is 0.506. The van der Waals surface area contributed by atoms with E-state index in [2.05, 4.69) is 18.7 Å². The predicted octanol–water partition coefficient (Wildman–Crippen LogP) is 0.916. The van der Waals surface area contributed by atoms with Crippen molar-refractivity contribution in [2.24, 2.45) is 5.41 Å². The van der Waals surface area contributed by atoms with Crippen molar-refractivity contribution >= 4 is 6.29 Å². The highest BCUT2D eigenvalue weighted by Gasteiger charge is 2.34. The van der Waals surface area contributed by atoms with Gasteiger partial charge in [-0.15, -0.1) is 0 Å². The lowest BCUT2D eigenvalue weighted by atomic mass is 9.91. The third kappa shape index (κ3) is 1.37. The van der Waals surface area contributed by atoms with Gasteiger partial charge in [-0.1, -0.05) is 13.8 Å². The number of nitrogens with zero attached hydrogens (tertiary/aromatic N) is 1. The Morgan fingerprint density at radius 2 is 2.20 bits per heavy atom. The molecule has 0 aromatic carbocycles. The van der Waals surface area contributed by atoms with Crippen molar-refractivity contribution < 1.29 is 4.79 Å². The van der Waals surface area contributed by atoms with Crippen LogP contribution in [-0.2, 0) is 4.79 Å². The molecule has 0 N–H and O–H groups in total. The highest BCUT2D eigenvalue weighted by atomic mass is 16.1. The number of hydrogen-bond acceptors (Lipinski definition) is 2. The number of carbonyl (C=O) groups excluding carboxylic acids is 1. The van der Waals surface area contributed by atoms with Crippen molar-refractivity contribution in [1.29, 1.82) is 0 Å². The summed E-state index contributed by atoms with van der Waals surface area (Å²) in [7, 11) is 2.01. The summed E-state index contributed by atoms with van der Waals surface area (Å²) < 4.78 is 0. The van der Waals surface area contributed by atoms with Gasteiger partial charge in [0.25, 0.3) is 0 Å². The summed E-state index contributed by atoms with van der Waals surface area (Å²) in [6.45, 7) is 5.44. The van der Waals surface area contributed by atoms with Gasteiger partial charge in [0.05, 0.1) is 6.04 Å². The Balaban J connectivity index is 2.60. The molecular formula is C8H15NO. The van der Waals surface area contributed by atoms with Crippen LogP contribution in [0.1, 0.15) is 20.3 Å².